The number of epoxide rings is 1. The van der Waals surface area contributed by atoms with Gasteiger partial charge in [-0.25, -0.2) is 19.2 Å². The van der Waals surface area contributed by atoms with E-state index >= 15 is 0 Å². The van der Waals surface area contributed by atoms with Crippen molar-refractivity contribution in [2.24, 2.45) is 23.5 Å². The van der Waals surface area contributed by atoms with Gasteiger partial charge >= 0.3 is 171 Å². The van der Waals surface area contributed by atoms with Crippen LogP contribution < -0.4 is 67.1 Å². The number of methoxy groups -OCH3 is 2. The van der Waals surface area contributed by atoms with Crippen LogP contribution in [0.15, 0.2) is 60.2 Å². The van der Waals surface area contributed by atoms with Crippen LogP contribution in [-0.2, 0) is 98.7 Å². The fraction of sp³-hybridized carbons (Fsp3) is 0.658. The maximum Gasteiger partial charge on any atom is 0.409 e. The molecular weight excluding hydrogens is 1770 g/mol. The van der Waals surface area contributed by atoms with Gasteiger partial charge in [-0.05, 0) is 74.4 Å². The molecule has 644 valence electrons. The normalized spacial score (nSPS) is 20.9. The molecule has 2 fully saturated rings. The second-order valence-electron chi connectivity index (χ2n) is 27.8. The van der Waals surface area contributed by atoms with E-state index in [-0.39, 0.29) is 108 Å². The molecule has 0 saturated carbocycles. The zero-order chi connectivity index (χ0) is 83.9. The molecule has 0 aromatic heterocycles. The Balaban J connectivity index is 1.02. The topological polar surface area (TPSA) is 413 Å². The van der Waals surface area contributed by atoms with Crippen molar-refractivity contribution in [1.82, 2.24) is 36.4 Å². The molecule has 0 aliphatic carbocycles. The third kappa shape index (κ3) is 35.2. The van der Waals surface area contributed by atoms with Crippen LogP contribution in [0.5, 0.6) is 5.75 Å². The summed E-state index contributed by atoms with van der Waals surface area (Å²) in [7, 11) is 11.1. The Labute approximate surface area is 696 Å². The first-order valence-corrected chi connectivity index (χ1v) is 51.5. The summed E-state index contributed by atoms with van der Waals surface area (Å²) in [5.41, 5.74) is 6.16. The Kier molecular flexibility index (Phi) is 45.5. The van der Waals surface area contributed by atoms with Crippen molar-refractivity contribution >= 4 is 119 Å². The van der Waals surface area contributed by atoms with Gasteiger partial charge in [0.2, 0.25) is 29.5 Å². The Bertz CT molecular complexity index is 3470. The number of halogens is 3. The van der Waals surface area contributed by atoms with Gasteiger partial charge in [-0.15, -0.1) is 0 Å². The molecule has 3 heterocycles. The molecule has 2 aromatic rings. The number of amides is 10. The number of nitrogens with two attached hydrogens (primary N) is 1. The molecule has 11 atom stereocenters. The predicted molar refractivity (Wildman–Crippen MR) is 437 cm³/mol. The van der Waals surface area contributed by atoms with E-state index in [0.29, 0.717) is 95.1 Å². The molecule has 2 aromatic carbocycles. The van der Waals surface area contributed by atoms with Gasteiger partial charge < -0.3 is 94.2 Å². The average Bonchev–Trinajstić information content (AvgIpc) is 1.60. The molecule has 10 amide bonds. The minimum atomic E-state index is -1.90. The number of aliphatic hydroxyl groups is 1. The van der Waals surface area contributed by atoms with Crippen LogP contribution in [0.3, 0.4) is 0 Å². The molecule has 4 bridgehead atoms. The molecule has 2 unspecified atom stereocenters. The van der Waals surface area contributed by atoms with E-state index in [9.17, 15) is 53.1 Å². The van der Waals surface area contributed by atoms with Crippen LogP contribution in [0.2, 0.25) is 5.02 Å². The summed E-state index contributed by atoms with van der Waals surface area (Å²) in [5, 5.41) is 28.3. The quantitative estimate of drug-likeness (QED) is 0.0118. The number of carbonyl (C=O) groups is 10. The number of anilines is 2. The summed E-state index contributed by atoms with van der Waals surface area (Å²) in [6.07, 6.45) is -1.43. The number of allylic oxidation sites excluding steroid dienone is 3. The fourth-order valence-corrected chi connectivity index (χ4v) is 19.2. The fourth-order valence-electron chi connectivity index (χ4n) is 11.7. The van der Waals surface area contributed by atoms with Gasteiger partial charge in [0.05, 0.1) is 78.2 Å². The summed E-state index contributed by atoms with van der Waals surface area (Å²) < 4.78 is 68.2. The van der Waals surface area contributed by atoms with Crippen molar-refractivity contribution in [3.63, 3.8) is 0 Å². The molecular formula is C76H118ClI2N10O23S2-. The first kappa shape index (κ1) is 98.5. The Hall–Kier alpha value is -6.09. The van der Waals surface area contributed by atoms with Crippen molar-refractivity contribution < 1.29 is 130 Å². The number of nitrogens with zero attached hydrogens (tertiary/aromatic N) is 3. The van der Waals surface area contributed by atoms with E-state index in [4.69, 9.17) is 74.2 Å². The number of fused-ring (bicyclic) bond motifs is 5. The molecule has 33 nitrogen and oxygen atoms in total. The van der Waals surface area contributed by atoms with Crippen molar-refractivity contribution in [3.8, 4) is 5.75 Å². The van der Waals surface area contributed by atoms with Crippen molar-refractivity contribution in [2.45, 2.75) is 141 Å². The van der Waals surface area contributed by atoms with Gasteiger partial charge in [-0.1, -0.05) is 68.3 Å². The van der Waals surface area contributed by atoms with E-state index in [2.05, 4.69) is 46.7 Å². The zero-order valence-electron chi connectivity index (χ0n) is 67.5. The number of alkyl halides is 3. The summed E-state index contributed by atoms with van der Waals surface area (Å²) in [6.45, 7) is 12.9. The van der Waals surface area contributed by atoms with E-state index in [1.165, 1.54) is 52.1 Å². The monoisotopic (exact) mass is 1890 g/mol. The van der Waals surface area contributed by atoms with Crippen molar-refractivity contribution in [3.05, 3.63) is 76.3 Å². The van der Waals surface area contributed by atoms with Crippen molar-refractivity contribution in [1.29, 1.82) is 0 Å². The van der Waals surface area contributed by atoms with Gasteiger partial charge in [0.1, 0.15) is 59.9 Å². The van der Waals surface area contributed by atoms with Gasteiger partial charge in [0.15, 0.2) is 5.72 Å². The van der Waals surface area contributed by atoms with E-state index in [1.54, 1.807) is 69.3 Å². The maximum atomic E-state index is 14.4. The van der Waals surface area contributed by atoms with Crippen molar-refractivity contribution in [2.75, 3.05) is 171 Å². The number of likely N-dealkylation sites (N-methyl/N-ethyl adjacent to an activating group) is 1. The maximum absolute atomic E-state index is 14.4. The minimum absolute atomic E-state index is 0.0483. The number of hydrogen-bond donors (Lipinski definition) is 8. The molecule has 114 heavy (non-hydrogen) atoms. The second-order valence-corrected chi connectivity index (χ2v) is 44.0. The molecule has 0 spiro atoms. The smallest absolute Gasteiger partial charge is 0.409 e. The summed E-state index contributed by atoms with van der Waals surface area (Å²) in [5.74, 6) is -2.34. The van der Waals surface area contributed by atoms with Gasteiger partial charge in [-0.3, -0.25) is 29.3 Å². The Morgan fingerprint density at radius 2 is 1.46 bits per heavy atom. The molecule has 0 radical (unpaired) electrons. The van der Waals surface area contributed by atoms with Crippen LogP contribution in [-0.4, -0.2) is 289 Å². The number of hydrogen-bond acceptors (Lipinski definition) is 25. The van der Waals surface area contributed by atoms with E-state index in [1.807, 2.05) is 30.9 Å². The number of carbonyl (C=O) groups excluding carboxylic acids is 10. The van der Waals surface area contributed by atoms with Crippen LogP contribution in [0, 0.1) is 17.8 Å². The summed E-state index contributed by atoms with van der Waals surface area (Å²) in [6, 6.07) is 5.72. The number of nitrogens with one attached hydrogen (secondary N) is 6. The molecule has 9 N–H and O–H groups in total. The van der Waals surface area contributed by atoms with Crippen LogP contribution >= 0.6 is 47.9 Å². The first-order chi connectivity index (χ1) is 54.4. The first-order valence-electron chi connectivity index (χ1n) is 37.6. The van der Waals surface area contributed by atoms with Gasteiger partial charge in [-0.2, -0.15) is 0 Å². The molecule has 2 saturated heterocycles. The molecule has 3 aliphatic heterocycles. The van der Waals surface area contributed by atoms with Gasteiger partial charge in [0, 0.05) is 72.2 Å². The SMILES string of the molecule is COc1cc2cc(c1Cl)N(C)C(=O)CC(OC(=O)[C@H](C)N(C)C(=O)CCN(C)C(=O)OCc1ccc(NC(=O)[C@H](CCCNC(N)=O)NC(=O)[C@@H](NC(=O)CCOCCOCCOCCOCCOCCOCCNC(=O)C(CS[I-]C)CSI(C)C)C(C)C)cc1)[C@@H]1O[C@H]1[C@H](C)[C@@H]1C[C@@](O)(NC(=O)O1)[C@H](OC)/C=C/C=C(\C)C2. The Morgan fingerprint density at radius 3 is 2.06 bits per heavy atom. The van der Waals surface area contributed by atoms with Crippen LogP contribution in [0.25, 0.3) is 0 Å². The average molecular weight is 1890 g/mol. The number of rotatable bonds is 48. The number of alkyl carbamates (subject to hydrolysis) is 1. The number of urea groups is 1. The third-order valence-corrected chi connectivity index (χ3v) is 28.4. The number of benzene rings is 2. The molecule has 38 heteroatoms. The predicted octanol–water partition coefficient (Wildman–Crippen LogP) is 2.80. The summed E-state index contributed by atoms with van der Waals surface area (Å²) >= 11 is 5.97. The Morgan fingerprint density at radius 1 is 0.833 bits per heavy atom. The zero-order valence-corrected chi connectivity index (χ0v) is 74.2. The van der Waals surface area contributed by atoms with Crippen LogP contribution in [0.4, 0.5) is 25.8 Å². The molecule has 3 aliphatic rings. The second kappa shape index (κ2) is 52.7. The standard InChI is InChI=1S/C76H118ClI2N10O23S2/c1-48(2)66(85-62(90)24-28-103-30-32-105-34-36-107-38-39-108-37-35-106-33-31-104-29-26-81-69(93)54(46-113-78-6)47-114-79(7)8)71(95)84-56(17-15-25-82-73(80)97)70(94)83-55-21-19-52(20-22-55)45-109-75(99)87(9)27-23-63(91)88(10)51(5)72(96)110-59-43-64(92)89(11)57-41-53(42-58(101-12)65(57)77)40-49(3)16-14-18-61(102-13)76(100)44-60(111-74(98)86-76)50(4)67-68(59)112-67/h14,16,18-22,41-42,48,50-51,54,56,59-61,66-68,100H,15,17,23-40,43-47H2,1-13H3,(H,81,93)(H,83,94)(H,84,95)(H,85,90)(H,86,98)(H3,80,82,97)/q-1/b18-14+,49-16+/t50-,51+,54?,56+,59?,60+,61-,66+,67+,68+,76+/m1/s1. The number of primary amides is 1. The summed E-state index contributed by atoms with van der Waals surface area (Å²) in [4.78, 5) is 144. The minimum Gasteiger partial charge on any atom is -0.446 e. The van der Waals surface area contributed by atoms with E-state index in [0.717, 1.165) is 27.5 Å². The number of esters is 1. The van der Waals surface area contributed by atoms with Crippen LogP contribution in [0.1, 0.15) is 84.3 Å². The van der Waals surface area contributed by atoms with E-state index < -0.39 is 145 Å². The number of ether oxygens (including phenoxy) is 12. The molecule has 5 rings (SSSR count). The van der Waals surface area contributed by atoms with Gasteiger partial charge in [0.25, 0.3) is 0 Å². The third-order valence-electron chi connectivity index (χ3n) is 18.5. The largest absolute Gasteiger partial charge is 0.446 e.